The first-order chi connectivity index (χ1) is 8.44. The van der Waals surface area contributed by atoms with Gasteiger partial charge in [0.1, 0.15) is 11.4 Å². The van der Waals surface area contributed by atoms with Crippen LogP contribution in [0.4, 0.5) is 10.6 Å². The number of carbonyl (C=O) groups excluding carboxylic acids is 1. The van der Waals surface area contributed by atoms with Gasteiger partial charge in [-0.1, -0.05) is 0 Å². The predicted molar refractivity (Wildman–Crippen MR) is 67.2 cm³/mol. The second-order valence-corrected chi connectivity index (χ2v) is 5.34. The minimum atomic E-state index is -0.444. The van der Waals surface area contributed by atoms with Crippen LogP contribution >= 0.6 is 0 Å². The number of ether oxygens (including phenoxy) is 1. The van der Waals surface area contributed by atoms with E-state index in [4.69, 9.17) is 4.74 Å². The Morgan fingerprint density at radius 1 is 1.50 bits per heavy atom. The Morgan fingerprint density at radius 2 is 2.22 bits per heavy atom. The average Bonchev–Trinajstić information content (AvgIpc) is 2.21. The van der Waals surface area contributed by atoms with Crippen molar-refractivity contribution in [2.75, 3.05) is 18.4 Å². The van der Waals surface area contributed by atoms with E-state index in [0.29, 0.717) is 13.1 Å². The summed E-state index contributed by atoms with van der Waals surface area (Å²) in [4.78, 5) is 13.4. The van der Waals surface area contributed by atoms with Crippen LogP contribution < -0.4 is 5.32 Å². The van der Waals surface area contributed by atoms with Gasteiger partial charge in [-0.15, -0.1) is 5.10 Å². The van der Waals surface area contributed by atoms with Crippen molar-refractivity contribution in [3.63, 3.8) is 0 Å². The molecule has 1 aromatic rings. The minimum absolute atomic E-state index is 0.217. The molecule has 0 spiro atoms. The van der Waals surface area contributed by atoms with Crippen molar-refractivity contribution in [3.05, 3.63) is 18.3 Å². The van der Waals surface area contributed by atoms with Crippen molar-refractivity contribution in [1.82, 2.24) is 15.1 Å². The number of carbonyl (C=O) groups is 1. The molecule has 98 valence electrons. The highest BCUT2D eigenvalue weighted by atomic mass is 16.6. The van der Waals surface area contributed by atoms with Crippen LogP contribution in [-0.2, 0) is 4.74 Å². The summed E-state index contributed by atoms with van der Waals surface area (Å²) in [6.07, 6.45) is 1.36. The van der Waals surface area contributed by atoms with Crippen LogP contribution in [0.1, 0.15) is 20.8 Å². The van der Waals surface area contributed by atoms with E-state index in [1.165, 1.54) is 0 Å². The van der Waals surface area contributed by atoms with E-state index in [0.717, 1.165) is 5.82 Å². The Hall–Kier alpha value is -1.85. The summed E-state index contributed by atoms with van der Waals surface area (Å²) in [6, 6.07) is 3.89. The van der Waals surface area contributed by atoms with Crippen molar-refractivity contribution >= 4 is 11.9 Å². The van der Waals surface area contributed by atoms with Gasteiger partial charge in [0, 0.05) is 19.3 Å². The second-order valence-electron chi connectivity index (χ2n) is 5.34. The molecule has 0 atom stereocenters. The van der Waals surface area contributed by atoms with Gasteiger partial charge < -0.3 is 15.0 Å². The summed E-state index contributed by atoms with van der Waals surface area (Å²) < 4.78 is 5.27. The number of amides is 1. The lowest BCUT2D eigenvalue weighted by Crippen LogP contribution is -2.58. The highest BCUT2D eigenvalue weighted by Gasteiger charge is 2.33. The summed E-state index contributed by atoms with van der Waals surface area (Å²) in [5.74, 6) is 0.728. The third-order valence-electron chi connectivity index (χ3n) is 2.46. The predicted octanol–water partition coefficient (Wildman–Crippen LogP) is 1.51. The third-order valence-corrected chi connectivity index (χ3v) is 2.46. The van der Waals surface area contributed by atoms with Crippen molar-refractivity contribution in [1.29, 1.82) is 0 Å². The topological polar surface area (TPSA) is 67.3 Å². The van der Waals surface area contributed by atoms with E-state index in [1.54, 1.807) is 11.1 Å². The summed E-state index contributed by atoms with van der Waals surface area (Å²) in [5.41, 5.74) is -0.444. The Kier molecular flexibility index (Phi) is 3.36. The molecular formula is C12H18N4O2. The zero-order valence-electron chi connectivity index (χ0n) is 10.9. The lowest BCUT2D eigenvalue weighted by molar-refractivity contribution is 0.0104. The summed E-state index contributed by atoms with van der Waals surface area (Å²) in [6.45, 7) is 6.84. The highest BCUT2D eigenvalue weighted by molar-refractivity contribution is 5.69. The summed E-state index contributed by atoms with van der Waals surface area (Å²) >= 11 is 0. The van der Waals surface area contributed by atoms with Crippen LogP contribution in [0.2, 0.25) is 0 Å². The molecule has 1 aliphatic rings. The SMILES string of the molecule is CC(C)(C)OC(=O)N1CC(Nc2cccnn2)C1. The molecule has 1 aliphatic heterocycles. The number of rotatable bonds is 2. The molecule has 0 bridgehead atoms. The van der Waals surface area contributed by atoms with Gasteiger partial charge in [-0.25, -0.2) is 4.79 Å². The molecule has 2 rings (SSSR count). The summed E-state index contributed by atoms with van der Waals surface area (Å²) in [7, 11) is 0. The number of anilines is 1. The van der Waals surface area contributed by atoms with Crippen molar-refractivity contribution in [2.24, 2.45) is 0 Å². The number of hydrogen-bond acceptors (Lipinski definition) is 5. The fourth-order valence-corrected chi connectivity index (χ4v) is 1.63. The van der Waals surface area contributed by atoms with Gasteiger partial charge in [0.05, 0.1) is 6.04 Å². The molecule has 6 heteroatoms. The van der Waals surface area contributed by atoms with E-state index >= 15 is 0 Å². The van der Waals surface area contributed by atoms with E-state index < -0.39 is 5.60 Å². The molecule has 0 unspecified atom stereocenters. The smallest absolute Gasteiger partial charge is 0.410 e. The average molecular weight is 250 g/mol. The highest BCUT2D eigenvalue weighted by Crippen LogP contribution is 2.17. The number of likely N-dealkylation sites (tertiary alicyclic amines) is 1. The normalized spacial score (nSPS) is 16.1. The van der Waals surface area contributed by atoms with E-state index in [2.05, 4.69) is 15.5 Å². The molecule has 0 saturated carbocycles. The van der Waals surface area contributed by atoms with Gasteiger partial charge in [0.2, 0.25) is 0 Å². The molecular weight excluding hydrogens is 232 g/mol. The first-order valence-corrected chi connectivity index (χ1v) is 5.96. The van der Waals surface area contributed by atoms with Crippen LogP contribution in [0.3, 0.4) is 0 Å². The van der Waals surface area contributed by atoms with Crippen molar-refractivity contribution < 1.29 is 9.53 Å². The molecule has 0 aliphatic carbocycles. The Morgan fingerprint density at radius 3 is 2.78 bits per heavy atom. The minimum Gasteiger partial charge on any atom is -0.444 e. The van der Waals surface area contributed by atoms with Crippen LogP contribution in [0, 0.1) is 0 Å². The largest absolute Gasteiger partial charge is 0.444 e. The summed E-state index contributed by atoms with van der Waals surface area (Å²) in [5, 5.41) is 10.9. The van der Waals surface area contributed by atoms with Crippen LogP contribution in [0.15, 0.2) is 18.3 Å². The zero-order valence-corrected chi connectivity index (χ0v) is 10.9. The molecule has 18 heavy (non-hydrogen) atoms. The van der Waals surface area contributed by atoms with Crippen LogP contribution in [-0.4, -0.2) is 45.9 Å². The van der Waals surface area contributed by atoms with Gasteiger partial charge in [0.25, 0.3) is 0 Å². The Labute approximate surface area is 106 Å². The first-order valence-electron chi connectivity index (χ1n) is 5.96. The number of aromatic nitrogens is 2. The Balaban J connectivity index is 1.76. The Bertz CT molecular complexity index is 410. The van der Waals surface area contributed by atoms with E-state index in [-0.39, 0.29) is 12.1 Å². The fraction of sp³-hybridized carbons (Fsp3) is 0.583. The molecule has 0 aromatic carbocycles. The van der Waals surface area contributed by atoms with Crippen molar-refractivity contribution in [2.45, 2.75) is 32.4 Å². The maximum absolute atomic E-state index is 11.7. The van der Waals surface area contributed by atoms with E-state index in [1.807, 2.05) is 32.9 Å². The quantitative estimate of drug-likeness (QED) is 0.861. The molecule has 1 amide bonds. The van der Waals surface area contributed by atoms with Crippen LogP contribution in [0.25, 0.3) is 0 Å². The van der Waals surface area contributed by atoms with Crippen molar-refractivity contribution in [3.8, 4) is 0 Å². The first kappa shape index (κ1) is 12.6. The number of hydrogen-bond donors (Lipinski definition) is 1. The van der Waals surface area contributed by atoms with Crippen LogP contribution in [0.5, 0.6) is 0 Å². The fourth-order valence-electron chi connectivity index (χ4n) is 1.63. The monoisotopic (exact) mass is 250 g/mol. The second kappa shape index (κ2) is 4.80. The molecule has 2 heterocycles. The molecule has 1 aromatic heterocycles. The van der Waals surface area contributed by atoms with Gasteiger partial charge in [-0.05, 0) is 32.9 Å². The van der Waals surface area contributed by atoms with Gasteiger partial charge in [0.15, 0.2) is 0 Å². The maximum atomic E-state index is 11.7. The lowest BCUT2D eigenvalue weighted by Gasteiger charge is -2.40. The maximum Gasteiger partial charge on any atom is 0.410 e. The molecule has 1 fully saturated rings. The lowest BCUT2D eigenvalue weighted by atomic mass is 10.1. The zero-order chi connectivity index (χ0) is 13.2. The standard InChI is InChI=1S/C12H18N4O2/c1-12(2,3)18-11(17)16-7-9(8-16)14-10-5-4-6-13-15-10/h4-6,9H,7-8H2,1-3H3,(H,14,15). The van der Waals surface area contributed by atoms with Gasteiger partial charge in [-0.2, -0.15) is 5.10 Å². The molecule has 1 saturated heterocycles. The third kappa shape index (κ3) is 3.32. The molecule has 6 nitrogen and oxygen atoms in total. The number of nitrogens with zero attached hydrogens (tertiary/aromatic N) is 3. The van der Waals surface area contributed by atoms with Gasteiger partial charge in [-0.3, -0.25) is 0 Å². The molecule has 1 N–H and O–H groups in total. The van der Waals surface area contributed by atoms with E-state index in [9.17, 15) is 4.79 Å². The number of nitrogens with one attached hydrogen (secondary N) is 1. The van der Waals surface area contributed by atoms with Gasteiger partial charge >= 0.3 is 6.09 Å². The molecule has 0 radical (unpaired) electrons.